The van der Waals surface area contributed by atoms with Gasteiger partial charge in [0.2, 0.25) is 0 Å². The summed E-state index contributed by atoms with van der Waals surface area (Å²) in [7, 11) is 1.77. The van der Waals surface area contributed by atoms with E-state index in [0.29, 0.717) is 10.6 Å². The highest BCUT2D eigenvalue weighted by Crippen LogP contribution is 2.19. The van der Waals surface area contributed by atoms with Crippen LogP contribution >= 0.6 is 11.6 Å². The van der Waals surface area contributed by atoms with Crippen LogP contribution in [0, 0.1) is 15.5 Å². The minimum absolute atomic E-state index is 0.0828. The third-order valence-corrected chi connectivity index (χ3v) is 2.75. The molecule has 0 saturated carbocycles. The van der Waals surface area contributed by atoms with Crippen molar-refractivity contribution in [3.05, 3.63) is 63.2 Å². The average molecular weight is 308 g/mol. The Balaban J connectivity index is 0.000000211. The summed E-state index contributed by atoms with van der Waals surface area (Å²) < 4.78 is 0. The fourth-order valence-corrected chi connectivity index (χ4v) is 1.57. The SMILES string of the molecule is CNc1ccc([N+](=O)[O-])cc1.N=Cc1cc(Cl)ccc1O. The minimum atomic E-state index is -0.417. The van der Waals surface area contributed by atoms with Crippen LogP contribution in [0.2, 0.25) is 5.02 Å². The second-order valence-corrected chi connectivity index (χ2v) is 4.34. The summed E-state index contributed by atoms with van der Waals surface area (Å²) in [6.07, 6.45) is 1.06. The third-order valence-electron chi connectivity index (χ3n) is 2.51. The molecule has 2 rings (SSSR count). The van der Waals surface area contributed by atoms with E-state index in [1.54, 1.807) is 25.2 Å². The van der Waals surface area contributed by atoms with Gasteiger partial charge in [-0.1, -0.05) is 11.6 Å². The van der Waals surface area contributed by atoms with Gasteiger partial charge in [-0.2, -0.15) is 0 Å². The van der Waals surface area contributed by atoms with Gasteiger partial charge >= 0.3 is 0 Å². The topological polar surface area (TPSA) is 99.3 Å². The second-order valence-electron chi connectivity index (χ2n) is 3.90. The minimum Gasteiger partial charge on any atom is -0.507 e. The van der Waals surface area contributed by atoms with Gasteiger partial charge in [0.25, 0.3) is 5.69 Å². The summed E-state index contributed by atoms with van der Waals surface area (Å²) in [5.41, 5.74) is 1.42. The molecule has 0 spiro atoms. The molecule has 0 aliphatic carbocycles. The Kier molecular flexibility index (Phi) is 6.16. The van der Waals surface area contributed by atoms with Crippen molar-refractivity contribution in [3.63, 3.8) is 0 Å². The molecule has 110 valence electrons. The quantitative estimate of drug-likeness (QED) is 0.457. The Hall–Kier alpha value is -2.60. The van der Waals surface area contributed by atoms with Gasteiger partial charge in [-0.25, -0.2) is 0 Å². The van der Waals surface area contributed by atoms with Crippen molar-refractivity contribution in [1.29, 1.82) is 5.41 Å². The molecule has 0 aliphatic heterocycles. The lowest BCUT2D eigenvalue weighted by atomic mass is 10.2. The Morgan fingerprint density at radius 3 is 2.33 bits per heavy atom. The van der Waals surface area contributed by atoms with Crippen LogP contribution in [0.1, 0.15) is 5.56 Å². The standard InChI is InChI=1S/C7H6ClNO.C7H8N2O2/c8-6-1-2-7(10)5(3-6)4-9;1-8-6-2-4-7(5-3-6)9(10)11/h1-4,9-10H;2-5,8H,1H3. The zero-order valence-corrected chi connectivity index (χ0v) is 12.0. The van der Waals surface area contributed by atoms with Gasteiger partial charge in [0.1, 0.15) is 5.75 Å². The van der Waals surface area contributed by atoms with E-state index in [4.69, 9.17) is 22.1 Å². The van der Waals surface area contributed by atoms with Crippen LogP contribution in [-0.4, -0.2) is 23.3 Å². The first-order valence-corrected chi connectivity index (χ1v) is 6.27. The maximum absolute atomic E-state index is 10.2. The van der Waals surface area contributed by atoms with Gasteiger partial charge in [-0.05, 0) is 30.3 Å². The number of aromatic hydroxyl groups is 1. The molecular weight excluding hydrogens is 294 g/mol. The lowest BCUT2D eigenvalue weighted by Gasteiger charge is -1.96. The number of nitro benzene ring substituents is 1. The van der Waals surface area contributed by atoms with E-state index < -0.39 is 4.92 Å². The van der Waals surface area contributed by atoms with Gasteiger partial charge < -0.3 is 15.8 Å². The van der Waals surface area contributed by atoms with Gasteiger partial charge in [-0.3, -0.25) is 10.1 Å². The van der Waals surface area contributed by atoms with Gasteiger partial charge in [0, 0.05) is 41.7 Å². The molecule has 0 atom stereocenters. The normalized spacial score (nSPS) is 9.24. The maximum atomic E-state index is 10.2. The van der Waals surface area contributed by atoms with Crippen LogP contribution in [0.25, 0.3) is 0 Å². The van der Waals surface area contributed by atoms with E-state index in [-0.39, 0.29) is 11.4 Å². The Morgan fingerprint density at radius 2 is 1.90 bits per heavy atom. The number of phenols is 1. The number of nitrogens with one attached hydrogen (secondary N) is 2. The molecule has 0 bridgehead atoms. The van der Waals surface area contributed by atoms with Crippen LogP contribution in [-0.2, 0) is 0 Å². The largest absolute Gasteiger partial charge is 0.507 e. The number of hydrogen-bond donors (Lipinski definition) is 3. The summed E-state index contributed by atoms with van der Waals surface area (Å²) in [5.74, 6) is 0.0828. The summed E-state index contributed by atoms with van der Waals surface area (Å²) >= 11 is 5.58. The van der Waals surface area contributed by atoms with Crippen molar-refractivity contribution >= 4 is 29.2 Å². The molecule has 0 radical (unpaired) electrons. The third kappa shape index (κ3) is 5.12. The molecule has 3 N–H and O–H groups in total. The van der Waals surface area contributed by atoms with E-state index in [1.807, 2.05) is 0 Å². The fourth-order valence-electron chi connectivity index (χ4n) is 1.39. The predicted molar refractivity (Wildman–Crippen MR) is 83.6 cm³/mol. The van der Waals surface area contributed by atoms with Crippen molar-refractivity contribution in [2.75, 3.05) is 12.4 Å². The number of anilines is 1. The van der Waals surface area contributed by atoms with Gasteiger partial charge in [-0.15, -0.1) is 0 Å². The van der Waals surface area contributed by atoms with E-state index in [0.717, 1.165) is 11.9 Å². The Bertz CT molecular complexity index is 630. The molecule has 2 aromatic rings. The van der Waals surface area contributed by atoms with Crippen molar-refractivity contribution < 1.29 is 10.0 Å². The smallest absolute Gasteiger partial charge is 0.269 e. The summed E-state index contributed by atoms with van der Waals surface area (Å²) in [4.78, 5) is 9.77. The number of benzene rings is 2. The van der Waals surface area contributed by atoms with Crippen molar-refractivity contribution in [3.8, 4) is 5.75 Å². The number of non-ortho nitro benzene ring substituents is 1. The molecule has 0 unspecified atom stereocenters. The number of nitrogens with zero attached hydrogens (tertiary/aromatic N) is 1. The summed E-state index contributed by atoms with van der Waals surface area (Å²) in [5, 5.41) is 29.4. The van der Waals surface area contributed by atoms with Crippen LogP contribution in [0.4, 0.5) is 11.4 Å². The van der Waals surface area contributed by atoms with Gasteiger partial charge in [0.05, 0.1) is 4.92 Å². The summed E-state index contributed by atoms with van der Waals surface area (Å²) in [6.45, 7) is 0. The van der Waals surface area contributed by atoms with E-state index in [1.165, 1.54) is 24.3 Å². The molecule has 6 nitrogen and oxygen atoms in total. The predicted octanol–water partition coefficient (Wildman–Crippen LogP) is 3.68. The Morgan fingerprint density at radius 1 is 1.29 bits per heavy atom. The summed E-state index contributed by atoms with van der Waals surface area (Å²) in [6, 6.07) is 10.8. The number of hydrogen-bond acceptors (Lipinski definition) is 5. The molecule has 0 saturated heterocycles. The monoisotopic (exact) mass is 307 g/mol. The van der Waals surface area contributed by atoms with E-state index in [2.05, 4.69) is 5.32 Å². The molecule has 0 heterocycles. The first-order chi connectivity index (χ1) is 9.97. The fraction of sp³-hybridized carbons (Fsp3) is 0.0714. The van der Waals surface area contributed by atoms with E-state index in [9.17, 15) is 10.1 Å². The number of rotatable bonds is 3. The first-order valence-electron chi connectivity index (χ1n) is 5.89. The molecule has 2 aromatic carbocycles. The van der Waals surface area contributed by atoms with Crippen molar-refractivity contribution in [1.82, 2.24) is 0 Å². The number of phenolic OH excluding ortho intramolecular Hbond substituents is 1. The van der Waals surface area contributed by atoms with Crippen LogP contribution in [0.15, 0.2) is 42.5 Å². The van der Waals surface area contributed by atoms with Crippen LogP contribution in [0.3, 0.4) is 0 Å². The lowest BCUT2D eigenvalue weighted by Crippen LogP contribution is -1.89. The van der Waals surface area contributed by atoms with Gasteiger partial charge in [0.15, 0.2) is 0 Å². The van der Waals surface area contributed by atoms with Crippen LogP contribution < -0.4 is 5.32 Å². The second kappa shape index (κ2) is 7.86. The molecular formula is C14H14ClN3O3. The van der Waals surface area contributed by atoms with Crippen LogP contribution in [0.5, 0.6) is 5.75 Å². The molecule has 0 aromatic heterocycles. The zero-order valence-electron chi connectivity index (χ0n) is 11.2. The highest BCUT2D eigenvalue weighted by Gasteiger charge is 2.01. The number of halogens is 1. The van der Waals surface area contributed by atoms with Crippen molar-refractivity contribution in [2.24, 2.45) is 0 Å². The molecule has 0 fully saturated rings. The first kappa shape index (κ1) is 16.5. The maximum Gasteiger partial charge on any atom is 0.269 e. The molecule has 21 heavy (non-hydrogen) atoms. The zero-order chi connectivity index (χ0) is 15.8. The van der Waals surface area contributed by atoms with Crippen molar-refractivity contribution in [2.45, 2.75) is 0 Å². The highest BCUT2D eigenvalue weighted by atomic mass is 35.5. The molecule has 0 amide bonds. The highest BCUT2D eigenvalue weighted by molar-refractivity contribution is 6.30. The number of nitro groups is 1. The van der Waals surface area contributed by atoms with E-state index >= 15 is 0 Å². The Labute approximate surface area is 126 Å². The average Bonchev–Trinajstić information content (AvgIpc) is 2.50. The lowest BCUT2D eigenvalue weighted by molar-refractivity contribution is -0.384. The molecule has 0 aliphatic rings. The molecule has 7 heteroatoms.